The zero-order valence-electron chi connectivity index (χ0n) is 11.7. The molecule has 1 aromatic carbocycles. The van der Waals surface area contributed by atoms with Crippen molar-refractivity contribution in [1.82, 2.24) is 15.0 Å². The molecule has 0 atom stereocenters. The molecule has 3 rings (SSSR count). The first-order valence-electron chi connectivity index (χ1n) is 6.52. The summed E-state index contributed by atoms with van der Waals surface area (Å²) < 4.78 is 0. The number of aromatic amines is 1. The lowest BCUT2D eigenvalue weighted by atomic mass is 10.1. The van der Waals surface area contributed by atoms with Crippen LogP contribution in [0.3, 0.4) is 0 Å². The highest BCUT2D eigenvalue weighted by Crippen LogP contribution is 2.34. The predicted octanol–water partition coefficient (Wildman–Crippen LogP) is 3.13. The third kappa shape index (κ3) is 2.99. The molecule has 0 spiro atoms. The van der Waals surface area contributed by atoms with E-state index in [1.54, 1.807) is 30.3 Å². The average molecular weight is 348 g/mol. The summed E-state index contributed by atoms with van der Waals surface area (Å²) in [5.41, 5.74) is 13.6. The van der Waals surface area contributed by atoms with E-state index in [0.29, 0.717) is 44.1 Å². The second-order valence-electron chi connectivity index (χ2n) is 4.79. The van der Waals surface area contributed by atoms with Crippen molar-refractivity contribution in [1.29, 1.82) is 0 Å². The molecule has 2 heterocycles. The third-order valence-corrected chi connectivity index (χ3v) is 3.80. The van der Waals surface area contributed by atoms with Gasteiger partial charge < -0.3 is 16.5 Å². The number of rotatable bonds is 3. The van der Waals surface area contributed by atoms with Crippen LogP contribution in [0.4, 0.5) is 5.82 Å². The van der Waals surface area contributed by atoms with Gasteiger partial charge in [0.2, 0.25) is 0 Å². The first-order chi connectivity index (χ1) is 11.0. The number of anilines is 1. The van der Waals surface area contributed by atoms with Crippen molar-refractivity contribution in [2.45, 2.75) is 0 Å². The number of nitrogens with two attached hydrogens (primary N) is 2. The Morgan fingerprint density at radius 2 is 1.91 bits per heavy atom. The maximum Gasteiger partial charge on any atom is 0.250 e. The number of primary amides is 1. The van der Waals surface area contributed by atoms with Crippen LogP contribution < -0.4 is 11.5 Å². The van der Waals surface area contributed by atoms with Crippen LogP contribution in [-0.4, -0.2) is 20.9 Å². The standard InChI is InChI=1S/C15H11Cl2N5O/c16-7-1-2-8(10(17)3-7)14-9(15(19)23)4-12(22-14)11-5-13(18)21-6-20-11/h1-6,22H,(H2,19,23)(H2,18,20,21). The van der Waals surface area contributed by atoms with Gasteiger partial charge in [-0.1, -0.05) is 23.2 Å². The number of nitrogens with one attached hydrogen (secondary N) is 1. The molecule has 3 aromatic rings. The zero-order valence-corrected chi connectivity index (χ0v) is 13.2. The molecule has 1 amide bonds. The molecule has 0 saturated heterocycles. The molecular formula is C15H11Cl2N5O. The van der Waals surface area contributed by atoms with E-state index in [2.05, 4.69) is 15.0 Å². The van der Waals surface area contributed by atoms with Crippen molar-refractivity contribution in [3.63, 3.8) is 0 Å². The van der Waals surface area contributed by atoms with Gasteiger partial charge in [0.05, 0.1) is 27.7 Å². The summed E-state index contributed by atoms with van der Waals surface area (Å²) in [6.45, 7) is 0. The lowest BCUT2D eigenvalue weighted by Gasteiger charge is -2.05. The predicted molar refractivity (Wildman–Crippen MR) is 90.2 cm³/mol. The van der Waals surface area contributed by atoms with Crippen molar-refractivity contribution in [3.8, 4) is 22.6 Å². The van der Waals surface area contributed by atoms with E-state index >= 15 is 0 Å². The number of nitrogen functional groups attached to an aromatic ring is 1. The molecule has 0 fully saturated rings. The summed E-state index contributed by atoms with van der Waals surface area (Å²) in [6, 6.07) is 8.17. The molecule has 0 radical (unpaired) electrons. The Hall–Kier alpha value is -2.57. The summed E-state index contributed by atoms with van der Waals surface area (Å²) in [5.74, 6) is -0.271. The van der Waals surface area contributed by atoms with E-state index in [-0.39, 0.29) is 0 Å². The fourth-order valence-electron chi connectivity index (χ4n) is 2.21. The molecular weight excluding hydrogens is 337 g/mol. The number of hydrogen-bond acceptors (Lipinski definition) is 4. The van der Waals surface area contributed by atoms with Gasteiger partial charge in [0.25, 0.3) is 5.91 Å². The van der Waals surface area contributed by atoms with Crippen molar-refractivity contribution in [3.05, 3.63) is 52.3 Å². The Kier molecular flexibility index (Phi) is 3.94. The molecule has 0 aliphatic heterocycles. The van der Waals surface area contributed by atoms with Gasteiger partial charge >= 0.3 is 0 Å². The SMILES string of the molecule is NC(=O)c1cc(-c2cc(N)ncn2)[nH]c1-c1ccc(Cl)cc1Cl. The van der Waals surface area contributed by atoms with Crippen molar-refractivity contribution in [2.75, 3.05) is 5.73 Å². The number of halogens is 2. The van der Waals surface area contributed by atoms with Gasteiger partial charge in [0.15, 0.2) is 0 Å². The Morgan fingerprint density at radius 3 is 2.57 bits per heavy atom. The molecule has 0 bridgehead atoms. The van der Waals surface area contributed by atoms with Crippen LogP contribution in [0.5, 0.6) is 0 Å². The molecule has 0 aliphatic rings. The highest BCUT2D eigenvalue weighted by atomic mass is 35.5. The fraction of sp³-hybridized carbons (Fsp3) is 0. The maximum atomic E-state index is 11.8. The maximum absolute atomic E-state index is 11.8. The quantitative estimate of drug-likeness (QED) is 0.675. The highest BCUT2D eigenvalue weighted by Gasteiger charge is 2.18. The molecule has 116 valence electrons. The molecule has 8 heteroatoms. The Morgan fingerprint density at radius 1 is 1.13 bits per heavy atom. The summed E-state index contributed by atoms with van der Waals surface area (Å²) in [6.07, 6.45) is 1.34. The van der Waals surface area contributed by atoms with Gasteiger partial charge in [0, 0.05) is 16.7 Å². The summed E-state index contributed by atoms with van der Waals surface area (Å²) in [5, 5.41) is 0.894. The smallest absolute Gasteiger partial charge is 0.250 e. The van der Waals surface area contributed by atoms with Crippen molar-refractivity contribution in [2.24, 2.45) is 5.73 Å². The summed E-state index contributed by atoms with van der Waals surface area (Å²) in [7, 11) is 0. The Bertz CT molecular complexity index is 907. The largest absolute Gasteiger partial charge is 0.384 e. The Labute approximate surface area is 141 Å². The lowest BCUT2D eigenvalue weighted by molar-refractivity contribution is 0.100. The van der Waals surface area contributed by atoms with Crippen molar-refractivity contribution < 1.29 is 4.79 Å². The molecule has 0 unspecified atom stereocenters. The van der Waals surface area contributed by atoms with Crippen LogP contribution in [0.15, 0.2) is 36.7 Å². The van der Waals surface area contributed by atoms with Crippen molar-refractivity contribution >= 4 is 34.9 Å². The minimum atomic E-state index is -0.587. The van der Waals surface area contributed by atoms with Crippen LogP contribution in [0.1, 0.15) is 10.4 Å². The average Bonchev–Trinajstić information content (AvgIpc) is 2.92. The van der Waals surface area contributed by atoms with Gasteiger partial charge in [-0.3, -0.25) is 4.79 Å². The molecule has 0 aliphatic carbocycles. The second-order valence-corrected chi connectivity index (χ2v) is 5.63. The van der Waals surface area contributed by atoms with Gasteiger partial charge in [-0.05, 0) is 24.3 Å². The normalized spacial score (nSPS) is 10.7. The fourth-order valence-corrected chi connectivity index (χ4v) is 2.71. The number of hydrogen-bond donors (Lipinski definition) is 3. The summed E-state index contributed by atoms with van der Waals surface area (Å²) >= 11 is 12.1. The third-order valence-electron chi connectivity index (χ3n) is 3.25. The van der Waals surface area contributed by atoms with Gasteiger partial charge in [-0.2, -0.15) is 0 Å². The highest BCUT2D eigenvalue weighted by molar-refractivity contribution is 6.36. The van der Waals surface area contributed by atoms with E-state index in [9.17, 15) is 4.79 Å². The van der Waals surface area contributed by atoms with E-state index in [1.807, 2.05) is 0 Å². The minimum absolute atomic E-state index is 0.293. The molecule has 6 nitrogen and oxygen atoms in total. The Balaban J connectivity index is 2.19. The van der Waals surface area contributed by atoms with Gasteiger partial charge in [-0.15, -0.1) is 0 Å². The van der Waals surface area contributed by atoms with Crippen LogP contribution in [-0.2, 0) is 0 Å². The lowest BCUT2D eigenvalue weighted by Crippen LogP contribution is -2.11. The number of benzene rings is 1. The zero-order chi connectivity index (χ0) is 16.6. The topological polar surface area (TPSA) is 111 Å². The van der Waals surface area contributed by atoms with E-state index in [4.69, 9.17) is 34.7 Å². The number of nitrogens with zero attached hydrogens (tertiary/aromatic N) is 2. The van der Waals surface area contributed by atoms with Crippen LogP contribution >= 0.6 is 23.2 Å². The van der Waals surface area contributed by atoms with E-state index in [1.165, 1.54) is 6.33 Å². The van der Waals surface area contributed by atoms with Crippen LogP contribution in [0, 0.1) is 0 Å². The van der Waals surface area contributed by atoms with Crippen LogP contribution in [0.2, 0.25) is 10.0 Å². The number of carbonyl (C=O) groups excluding carboxylic acids is 1. The van der Waals surface area contributed by atoms with E-state index in [0.717, 1.165) is 0 Å². The first-order valence-corrected chi connectivity index (χ1v) is 7.27. The second kappa shape index (κ2) is 5.91. The number of carbonyl (C=O) groups is 1. The molecule has 2 aromatic heterocycles. The van der Waals surface area contributed by atoms with Gasteiger partial charge in [-0.25, -0.2) is 9.97 Å². The minimum Gasteiger partial charge on any atom is -0.384 e. The number of H-pyrrole nitrogens is 1. The molecule has 5 N–H and O–H groups in total. The summed E-state index contributed by atoms with van der Waals surface area (Å²) in [4.78, 5) is 22.8. The van der Waals surface area contributed by atoms with E-state index < -0.39 is 5.91 Å². The first kappa shape index (κ1) is 15.3. The van der Waals surface area contributed by atoms with Crippen LogP contribution in [0.25, 0.3) is 22.6 Å². The monoisotopic (exact) mass is 347 g/mol. The number of amides is 1. The molecule has 23 heavy (non-hydrogen) atoms. The molecule has 0 saturated carbocycles. The number of aromatic nitrogens is 3. The van der Waals surface area contributed by atoms with Gasteiger partial charge in [0.1, 0.15) is 12.1 Å².